The van der Waals surface area contributed by atoms with Gasteiger partial charge in [-0.2, -0.15) is 0 Å². The lowest BCUT2D eigenvalue weighted by Gasteiger charge is -1.99. The Labute approximate surface area is 88.7 Å². The van der Waals surface area contributed by atoms with Gasteiger partial charge < -0.3 is 4.42 Å². The molecule has 0 aromatic carbocycles. The van der Waals surface area contributed by atoms with Crippen LogP contribution in [0.1, 0.15) is 12.5 Å². The van der Waals surface area contributed by atoms with E-state index in [-0.39, 0.29) is 5.76 Å². The van der Waals surface area contributed by atoms with Crippen LogP contribution in [-0.4, -0.2) is 9.55 Å². The minimum absolute atomic E-state index is 0.375. The quantitative estimate of drug-likeness (QED) is 0.783. The van der Waals surface area contributed by atoms with Crippen molar-refractivity contribution in [1.29, 1.82) is 0 Å². The monoisotopic (exact) mass is 256 g/mol. The first-order valence-electron chi connectivity index (χ1n) is 4.28. The number of hydrogen-bond donors (Lipinski definition) is 0. The van der Waals surface area contributed by atoms with Gasteiger partial charge in [0.05, 0.1) is 0 Å². The minimum Gasteiger partial charge on any atom is -0.406 e. The molecule has 0 aliphatic heterocycles. The standard InChI is InChI=1S/C9H9BrN2O2/c1-3-5-6(10)4-11-8-7(5)14-9(13)12(8)2/h4H,3H2,1-2H3. The van der Waals surface area contributed by atoms with Crippen molar-refractivity contribution >= 4 is 27.2 Å². The fourth-order valence-electron chi connectivity index (χ4n) is 1.42. The zero-order chi connectivity index (χ0) is 10.3. The highest BCUT2D eigenvalue weighted by molar-refractivity contribution is 9.10. The van der Waals surface area contributed by atoms with E-state index in [9.17, 15) is 4.79 Å². The van der Waals surface area contributed by atoms with Gasteiger partial charge in [0.1, 0.15) is 0 Å². The van der Waals surface area contributed by atoms with E-state index in [1.165, 1.54) is 4.57 Å². The van der Waals surface area contributed by atoms with Crippen molar-refractivity contribution in [2.45, 2.75) is 13.3 Å². The summed E-state index contributed by atoms with van der Waals surface area (Å²) < 4.78 is 7.40. The molecule has 4 nitrogen and oxygen atoms in total. The molecule has 2 heterocycles. The van der Waals surface area contributed by atoms with Crippen LogP contribution < -0.4 is 5.76 Å². The summed E-state index contributed by atoms with van der Waals surface area (Å²) in [5.74, 6) is -0.375. The molecule has 0 fully saturated rings. The highest BCUT2D eigenvalue weighted by Gasteiger charge is 2.13. The number of aryl methyl sites for hydroxylation is 2. The first-order valence-corrected chi connectivity index (χ1v) is 5.07. The van der Waals surface area contributed by atoms with Gasteiger partial charge in [0.25, 0.3) is 0 Å². The minimum atomic E-state index is -0.375. The van der Waals surface area contributed by atoms with E-state index in [0.717, 1.165) is 16.5 Å². The van der Waals surface area contributed by atoms with E-state index in [0.29, 0.717) is 11.2 Å². The van der Waals surface area contributed by atoms with Crippen LogP contribution in [0.15, 0.2) is 19.9 Å². The number of halogens is 1. The zero-order valence-electron chi connectivity index (χ0n) is 7.87. The summed E-state index contributed by atoms with van der Waals surface area (Å²) in [6.07, 6.45) is 2.49. The second-order valence-corrected chi connectivity index (χ2v) is 3.87. The Kier molecular flexibility index (Phi) is 2.19. The van der Waals surface area contributed by atoms with Crippen LogP contribution in [0.2, 0.25) is 0 Å². The van der Waals surface area contributed by atoms with E-state index in [4.69, 9.17) is 4.42 Å². The van der Waals surface area contributed by atoms with Crippen molar-refractivity contribution in [3.05, 3.63) is 26.8 Å². The van der Waals surface area contributed by atoms with Crippen LogP contribution in [0.5, 0.6) is 0 Å². The van der Waals surface area contributed by atoms with Crippen molar-refractivity contribution in [2.24, 2.45) is 7.05 Å². The number of pyridine rings is 1. The molecule has 0 aliphatic carbocycles. The van der Waals surface area contributed by atoms with Crippen molar-refractivity contribution in [1.82, 2.24) is 9.55 Å². The van der Waals surface area contributed by atoms with Gasteiger partial charge in [-0.1, -0.05) is 6.92 Å². The summed E-state index contributed by atoms with van der Waals surface area (Å²) in [4.78, 5) is 15.4. The predicted molar refractivity (Wildman–Crippen MR) is 56.3 cm³/mol. The third kappa shape index (κ3) is 1.19. The SMILES string of the molecule is CCc1c(Br)cnc2c1oc(=O)n2C. The normalized spacial score (nSPS) is 11.1. The molecule has 2 rings (SSSR count). The first kappa shape index (κ1) is 9.45. The van der Waals surface area contributed by atoms with Gasteiger partial charge in [0.15, 0.2) is 11.2 Å². The van der Waals surface area contributed by atoms with Crippen LogP contribution in [0.3, 0.4) is 0 Å². The Balaban J connectivity index is 2.95. The molecule has 14 heavy (non-hydrogen) atoms. The van der Waals surface area contributed by atoms with Crippen molar-refractivity contribution in [3.63, 3.8) is 0 Å². The number of rotatable bonds is 1. The first-order chi connectivity index (χ1) is 6.65. The lowest BCUT2D eigenvalue weighted by atomic mass is 10.2. The van der Waals surface area contributed by atoms with Crippen molar-refractivity contribution in [3.8, 4) is 0 Å². The van der Waals surface area contributed by atoms with Crippen LogP contribution in [-0.2, 0) is 13.5 Å². The number of hydrogen-bond acceptors (Lipinski definition) is 3. The third-order valence-corrected chi connectivity index (χ3v) is 2.88. The highest BCUT2D eigenvalue weighted by atomic mass is 79.9. The molecule has 0 spiro atoms. The third-order valence-electron chi connectivity index (χ3n) is 2.20. The van der Waals surface area contributed by atoms with E-state index in [2.05, 4.69) is 20.9 Å². The molecular weight excluding hydrogens is 248 g/mol. The Bertz CT molecular complexity index is 541. The Morgan fingerprint density at radius 2 is 2.36 bits per heavy atom. The summed E-state index contributed by atoms with van der Waals surface area (Å²) in [5.41, 5.74) is 2.15. The van der Waals surface area contributed by atoms with Gasteiger partial charge in [0, 0.05) is 23.3 Å². The molecule has 0 amide bonds. The van der Waals surface area contributed by atoms with Gasteiger partial charge in [-0.15, -0.1) is 0 Å². The van der Waals surface area contributed by atoms with Crippen LogP contribution >= 0.6 is 15.9 Å². The molecule has 0 saturated carbocycles. The fourth-order valence-corrected chi connectivity index (χ4v) is 1.98. The fraction of sp³-hybridized carbons (Fsp3) is 0.333. The molecule has 0 unspecified atom stereocenters. The van der Waals surface area contributed by atoms with E-state index in [1.807, 2.05) is 6.92 Å². The molecule has 0 N–H and O–H groups in total. The summed E-state index contributed by atoms with van der Waals surface area (Å²) in [6.45, 7) is 2.01. The van der Waals surface area contributed by atoms with Crippen LogP contribution in [0.25, 0.3) is 11.2 Å². The largest absolute Gasteiger partial charge is 0.420 e. The lowest BCUT2D eigenvalue weighted by Crippen LogP contribution is -2.08. The smallest absolute Gasteiger partial charge is 0.406 e. The van der Waals surface area contributed by atoms with Crippen molar-refractivity contribution in [2.75, 3.05) is 0 Å². The molecule has 2 aromatic rings. The van der Waals surface area contributed by atoms with Gasteiger partial charge in [-0.3, -0.25) is 4.57 Å². The molecule has 0 radical (unpaired) electrons. The zero-order valence-corrected chi connectivity index (χ0v) is 9.46. The molecule has 0 saturated heterocycles. The summed E-state index contributed by atoms with van der Waals surface area (Å²) in [7, 11) is 1.65. The van der Waals surface area contributed by atoms with Crippen LogP contribution in [0.4, 0.5) is 0 Å². The number of oxazole rings is 1. The maximum atomic E-state index is 11.3. The van der Waals surface area contributed by atoms with Crippen LogP contribution in [0, 0.1) is 0 Å². The van der Waals surface area contributed by atoms with Gasteiger partial charge in [-0.05, 0) is 22.4 Å². The molecule has 0 aliphatic rings. The summed E-state index contributed by atoms with van der Waals surface area (Å²) >= 11 is 3.38. The molecule has 0 atom stereocenters. The highest BCUT2D eigenvalue weighted by Crippen LogP contribution is 2.23. The van der Waals surface area contributed by atoms with E-state index < -0.39 is 0 Å². The Hall–Kier alpha value is -1.10. The molecule has 2 aromatic heterocycles. The van der Waals surface area contributed by atoms with E-state index >= 15 is 0 Å². The number of aromatic nitrogens is 2. The van der Waals surface area contributed by atoms with Crippen molar-refractivity contribution < 1.29 is 4.42 Å². The second-order valence-electron chi connectivity index (χ2n) is 3.02. The number of nitrogens with zero attached hydrogens (tertiary/aromatic N) is 2. The maximum absolute atomic E-state index is 11.3. The van der Waals surface area contributed by atoms with E-state index in [1.54, 1.807) is 13.2 Å². The summed E-state index contributed by atoms with van der Waals surface area (Å²) in [5, 5.41) is 0. The molecular formula is C9H9BrN2O2. The Morgan fingerprint density at radius 3 is 3.00 bits per heavy atom. The molecule has 74 valence electrons. The lowest BCUT2D eigenvalue weighted by molar-refractivity contribution is 0.525. The Morgan fingerprint density at radius 1 is 1.64 bits per heavy atom. The maximum Gasteiger partial charge on any atom is 0.420 e. The summed E-state index contributed by atoms with van der Waals surface area (Å²) in [6, 6.07) is 0. The molecule has 0 bridgehead atoms. The number of fused-ring (bicyclic) bond motifs is 1. The average Bonchev–Trinajstić information content (AvgIpc) is 2.43. The molecule has 5 heteroatoms. The predicted octanol–water partition coefficient (Wildman–Crippen LogP) is 1.85. The van der Waals surface area contributed by atoms with Gasteiger partial charge in [0.2, 0.25) is 0 Å². The topological polar surface area (TPSA) is 48.0 Å². The average molecular weight is 257 g/mol. The second kappa shape index (κ2) is 3.24. The van der Waals surface area contributed by atoms with Gasteiger partial charge >= 0.3 is 5.76 Å². The van der Waals surface area contributed by atoms with Gasteiger partial charge in [-0.25, -0.2) is 9.78 Å².